The standard InChI is InChI=1S/C12H9F3N2O2S/c13-12(14,15)8-3-1-2-7(4-8)5-16-10(18)9-6-17-11(19)20-9/h1-4,6H,5H2,(H,16,18)(H,17,19). The molecule has 2 rings (SSSR count). The zero-order chi connectivity index (χ0) is 14.8. The number of aromatic nitrogens is 1. The Morgan fingerprint density at radius 3 is 2.70 bits per heavy atom. The minimum Gasteiger partial charge on any atom is -0.347 e. The van der Waals surface area contributed by atoms with Gasteiger partial charge in [0.2, 0.25) is 0 Å². The Hall–Kier alpha value is -2.09. The summed E-state index contributed by atoms with van der Waals surface area (Å²) in [5.41, 5.74) is -0.438. The number of carbonyl (C=O) groups is 1. The molecule has 1 aromatic carbocycles. The number of carbonyl (C=O) groups excluding carboxylic acids is 1. The average molecular weight is 302 g/mol. The smallest absolute Gasteiger partial charge is 0.347 e. The van der Waals surface area contributed by atoms with Gasteiger partial charge in [-0.2, -0.15) is 13.2 Å². The normalized spacial score (nSPS) is 11.3. The van der Waals surface area contributed by atoms with E-state index in [4.69, 9.17) is 0 Å². The number of aromatic amines is 1. The molecule has 0 aliphatic heterocycles. The highest BCUT2D eigenvalue weighted by molar-refractivity contribution is 7.11. The van der Waals surface area contributed by atoms with E-state index in [1.165, 1.54) is 18.3 Å². The molecule has 0 aliphatic carbocycles. The summed E-state index contributed by atoms with van der Waals surface area (Å²) >= 11 is 0.735. The van der Waals surface area contributed by atoms with Gasteiger partial charge in [0.1, 0.15) is 4.88 Å². The van der Waals surface area contributed by atoms with Gasteiger partial charge in [-0.1, -0.05) is 23.5 Å². The van der Waals surface area contributed by atoms with E-state index in [1.807, 2.05) is 0 Å². The lowest BCUT2D eigenvalue weighted by Crippen LogP contribution is -2.22. The third-order valence-electron chi connectivity index (χ3n) is 2.45. The molecule has 2 aromatic rings. The number of thiazole rings is 1. The molecule has 1 heterocycles. The van der Waals surface area contributed by atoms with E-state index in [2.05, 4.69) is 10.3 Å². The molecule has 8 heteroatoms. The predicted molar refractivity (Wildman–Crippen MR) is 67.6 cm³/mol. The fourth-order valence-corrected chi connectivity index (χ4v) is 2.12. The number of halogens is 3. The first kappa shape index (κ1) is 14.3. The van der Waals surface area contributed by atoms with Gasteiger partial charge < -0.3 is 10.3 Å². The van der Waals surface area contributed by atoms with Crippen LogP contribution in [0.4, 0.5) is 13.2 Å². The summed E-state index contributed by atoms with van der Waals surface area (Å²) in [5, 5.41) is 2.45. The molecule has 0 radical (unpaired) electrons. The van der Waals surface area contributed by atoms with Crippen molar-refractivity contribution < 1.29 is 18.0 Å². The Labute approximate surface area is 115 Å². The predicted octanol–water partition coefficient (Wildman–Crippen LogP) is 2.39. The van der Waals surface area contributed by atoms with Crippen molar-refractivity contribution in [3.63, 3.8) is 0 Å². The van der Waals surface area contributed by atoms with Crippen LogP contribution in [-0.4, -0.2) is 10.9 Å². The molecule has 0 bridgehead atoms. The highest BCUT2D eigenvalue weighted by atomic mass is 32.1. The van der Waals surface area contributed by atoms with Gasteiger partial charge in [-0.3, -0.25) is 9.59 Å². The highest BCUT2D eigenvalue weighted by Crippen LogP contribution is 2.29. The van der Waals surface area contributed by atoms with E-state index < -0.39 is 17.6 Å². The highest BCUT2D eigenvalue weighted by Gasteiger charge is 2.30. The van der Waals surface area contributed by atoms with Crippen molar-refractivity contribution in [2.45, 2.75) is 12.7 Å². The van der Waals surface area contributed by atoms with Gasteiger partial charge in [-0.25, -0.2) is 0 Å². The maximum absolute atomic E-state index is 12.5. The lowest BCUT2D eigenvalue weighted by Gasteiger charge is -2.09. The molecule has 0 aliphatic rings. The van der Waals surface area contributed by atoms with Gasteiger partial charge in [0.05, 0.1) is 5.56 Å². The van der Waals surface area contributed by atoms with Crippen LogP contribution in [0.3, 0.4) is 0 Å². The summed E-state index contributed by atoms with van der Waals surface area (Å²) in [7, 11) is 0. The SMILES string of the molecule is O=C(NCc1cccc(C(F)(F)F)c1)c1c[nH]c(=O)s1. The quantitative estimate of drug-likeness (QED) is 0.914. The third-order valence-corrected chi connectivity index (χ3v) is 3.28. The van der Waals surface area contributed by atoms with Crippen molar-refractivity contribution >= 4 is 17.2 Å². The van der Waals surface area contributed by atoms with Crippen LogP contribution in [0.5, 0.6) is 0 Å². The van der Waals surface area contributed by atoms with Gasteiger partial charge in [0, 0.05) is 12.7 Å². The van der Waals surface area contributed by atoms with Crippen LogP contribution in [0.25, 0.3) is 0 Å². The Morgan fingerprint density at radius 1 is 1.35 bits per heavy atom. The topological polar surface area (TPSA) is 62.0 Å². The van der Waals surface area contributed by atoms with E-state index in [9.17, 15) is 22.8 Å². The lowest BCUT2D eigenvalue weighted by molar-refractivity contribution is -0.137. The minimum absolute atomic E-state index is 0.0468. The van der Waals surface area contributed by atoms with Crippen molar-refractivity contribution in [2.75, 3.05) is 0 Å². The second kappa shape index (κ2) is 5.49. The Kier molecular flexibility index (Phi) is 3.93. The summed E-state index contributed by atoms with van der Waals surface area (Å²) in [5.74, 6) is -0.509. The van der Waals surface area contributed by atoms with Crippen LogP contribution < -0.4 is 10.2 Å². The molecule has 20 heavy (non-hydrogen) atoms. The number of nitrogens with one attached hydrogen (secondary N) is 2. The first-order valence-electron chi connectivity index (χ1n) is 5.49. The summed E-state index contributed by atoms with van der Waals surface area (Å²) in [6, 6.07) is 4.69. The van der Waals surface area contributed by atoms with Crippen molar-refractivity contribution in [2.24, 2.45) is 0 Å². The lowest BCUT2D eigenvalue weighted by atomic mass is 10.1. The number of hydrogen-bond donors (Lipinski definition) is 2. The van der Waals surface area contributed by atoms with E-state index in [0.717, 1.165) is 23.5 Å². The third kappa shape index (κ3) is 3.47. The van der Waals surface area contributed by atoms with Crippen molar-refractivity contribution in [1.29, 1.82) is 0 Å². The first-order chi connectivity index (χ1) is 9.36. The Morgan fingerprint density at radius 2 is 2.10 bits per heavy atom. The van der Waals surface area contributed by atoms with Crippen LogP contribution in [0.1, 0.15) is 20.8 Å². The second-order valence-electron chi connectivity index (χ2n) is 3.92. The maximum Gasteiger partial charge on any atom is 0.416 e. The number of alkyl halides is 3. The number of benzene rings is 1. The molecule has 0 fully saturated rings. The maximum atomic E-state index is 12.5. The molecular weight excluding hydrogens is 293 g/mol. The van der Waals surface area contributed by atoms with Gasteiger partial charge >= 0.3 is 11.0 Å². The van der Waals surface area contributed by atoms with Crippen LogP contribution in [0.2, 0.25) is 0 Å². The van der Waals surface area contributed by atoms with E-state index in [0.29, 0.717) is 5.56 Å². The number of amides is 1. The summed E-state index contributed by atoms with van der Waals surface area (Å²) in [6.45, 7) is -0.0468. The molecule has 1 amide bonds. The number of rotatable bonds is 3. The molecule has 0 unspecified atom stereocenters. The zero-order valence-electron chi connectivity index (χ0n) is 9.95. The fraction of sp³-hybridized carbons (Fsp3) is 0.167. The van der Waals surface area contributed by atoms with Crippen molar-refractivity contribution in [1.82, 2.24) is 10.3 Å². The molecule has 0 atom stereocenters. The van der Waals surface area contributed by atoms with Crippen LogP contribution in [0.15, 0.2) is 35.3 Å². The minimum atomic E-state index is -4.42. The van der Waals surface area contributed by atoms with Gasteiger partial charge in [0.25, 0.3) is 5.91 Å². The van der Waals surface area contributed by atoms with Crippen LogP contribution >= 0.6 is 11.3 Å². The molecule has 2 N–H and O–H groups in total. The van der Waals surface area contributed by atoms with Crippen LogP contribution in [-0.2, 0) is 12.7 Å². The van der Waals surface area contributed by atoms with E-state index >= 15 is 0 Å². The molecule has 0 saturated carbocycles. The first-order valence-corrected chi connectivity index (χ1v) is 6.31. The largest absolute Gasteiger partial charge is 0.416 e. The summed E-state index contributed by atoms with van der Waals surface area (Å²) < 4.78 is 37.5. The fourth-order valence-electron chi connectivity index (χ4n) is 1.52. The summed E-state index contributed by atoms with van der Waals surface area (Å²) in [6.07, 6.45) is -3.16. The molecule has 4 nitrogen and oxygen atoms in total. The number of H-pyrrole nitrogens is 1. The van der Waals surface area contributed by atoms with E-state index in [1.54, 1.807) is 0 Å². The average Bonchev–Trinajstić information content (AvgIpc) is 2.82. The molecule has 0 spiro atoms. The van der Waals surface area contributed by atoms with E-state index in [-0.39, 0.29) is 16.3 Å². The Bertz CT molecular complexity index is 676. The monoisotopic (exact) mass is 302 g/mol. The molecule has 106 valence electrons. The second-order valence-corrected chi connectivity index (χ2v) is 4.94. The number of hydrogen-bond acceptors (Lipinski definition) is 3. The van der Waals surface area contributed by atoms with Crippen molar-refractivity contribution in [3.8, 4) is 0 Å². The van der Waals surface area contributed by atoms with Crippen LogP contribution in [0, 0.1) is 0 Å². The molecule has 1 aromatic heterocycles. The molecule has 0 saturated heterocycles. The van der Waals surface area contributed by atoms with Gasteiger partial charge in [0.15, 0.2) is 0 Å². The zero-order valence-corrected chi connectivity index (χ0v) is 10.8. The summed E-state index contributed by atoms with van der Waals surface area (Å²) in [4.78, 5) is 24.7. The van der Waals surface area contributed by atoms with Gasteiger partial charge in [-0.15, -0.1) is 0 Å². The van der Waals surface area contributed by atoms with Gasteiger partial charge in [-0.05, 0) is 17.7 Å². The Balaban J connectivity index is 2.04. The molecular formula is C12H9F3N2O2S. The van der Waals surface area contributed by atoms with Crippen molar-refractivity contribution in [3.05, 3.63) is 56.1 Å².